The first-order valence-corrected chi connectivity index (χ1v) is 12.1. The van der Waals surface area contributed by atoms with Gasteiger partial charge >= 0.3 is 6.03 Å². The van der Waals surface area contributed by atoms with Crippen molar-refractivity contribution in [1.29, 1.82) is 0 Å². The molecule has 0 unspecified atom stereocenters. The molecule has 0 fully saturated rings. The number of halogens is 2. The smallest absolute Gasteiger partial charge is 0.317 e. The standard InChI is InChI=1S/C25H27Cl2N7O2/c1-28-25(36)34-12-10-16-8-9-18(14-17(16)11-13-34)32(2)24-29-15-20(26)22(31-24)30-21-7-5-4-6-19(21)23(35)33(3)27/h4-9,14-15H,10-13H2,1-3H3,(H,28,36)(H,29,30,31). The maximum atomic E-state index is 12.5. The number of nitrogens with zero attached hydrogens (tertiary/aromatic N) is 5. The van der Waals surface area contributed by atoms with Gasteiger partial charge in [-0.3, -0.25) is 9.21 Å². The Balaban J connectivity index is 1.58. The first-order valence-electron chi connectivity index (χ1n) is 11.4. The maximum absolute atomic E-state index is 12.5. The van der Waals surface area contributed by atoms with Gasteiger partial charge in [0.25, 0.3) is 5.91 Å². The van der Waals surface area contributed by atoms with Gasteiger partial charge in [-0.1, -0.05) is 29.8 Å². The topological polar surface area (TPSA) is 93.7 Å². The van der Waals surface area contributed by atoms with Gasteiger partial charge in [0.2, 0.25) is 5.95 Å². The molecule has 0 spiro atoms. The van der Waals surface area contributed by atoms with Crippen molar-refractivity contribution < 1.29 is 9.59 Å². The summed E-state index contributed by atoms with van der Waals surface area (Å²) in [6.45, 7) is 1.33. The van der Waals surface area contributed by atoms with Crippen LogP contribution in [0.15, 0.2) is 48.7 Å². The minimum Gasteiger partial charge on any atom is -0.341 e. The van der Waals surface area contributed by atoms with Crippen molar-refractivity contribution >= 4 is 58.5 Å². The molecule has 0 atom stereocenters. The van der Waals surface area contributed by atoms with Crippen LogP contribution in [-0.4, -0.2) is 65.5 Å². The summed E-state index contributed by atoms with van der Waals surface area (Å²) in [6.07, 6.45) is 3.08. The van der Waals surface area contributed by atoms with Crippen molar-refractivity contribution in [2.24, 2.45) is 0 Å². The highest BCUT2D eigenvalue weighted by Gasteiger charge is 2.20. The summed E-state index contributed by atoms with van der Waals surface area (Å²) in [7, 11) is 5.00. The molecule has 2 N–H and O–H groups in total. The molecule has 0 bridgehead atoms. The lowest BCUT2D eigenvalue weighted by Gasteiger charge is -2.20. The van der Waals surface area contributed by atoms with E-state index in [1.807, 2.05) is 22.9 Å². The number of carbonyl (C=O) groups excluding carboxylic acids is 2. The van der Waals surface area contributed by atoms with Crippen LogP contribution in [0, 0.1) is 0 Å². The largest absolute Gasteiger partial charge is 0.341 e. The van der Waals surface area contributed by atoms with Gasteiger partial charge in [-0.15, -0.1) is 0 Å². The summed E-state index contributed by atoms with van der Waals surface area (Å²) in [4.78, 5) is 37.2. The van der Waals surface area contributed by atoms with E-state index in [1.165, 1.54) is 24.4 Å². The molecule has 4 rings (SSSR count). The Morgan fingerprint density at radius 1 is 1.06 bits per heavy atom. The average Bonchev–Trinajstić information content (AvgIpc) is 3.11. The minimum atomic E-state index is -0.359. The molecule has 9 nitrogen and oxygen atoms in total. The number of benzene rings is 2. The van der Waals surface area contributed by atoms with Gasteiger partial charge in [-0.25, -0.2) is 9.78 Å². The van der Waals surface area contributed by atoms with E-state index in [4.69, 9.17) is 23.4 Å². The molecule has 2 heterocycles. The van der Waals surface area contributed by atoms with E-state index in [1.54, 1.807) is 31.3 Å². The molecule has 0 saturated heterocycles. The molecule has 1 aromatic heterocycles. The fraction of sp³-hybridized carbons (Fsp3) is 0.280. The molecule has 0 saturated carbocycles. The minimum absolute atomic E-state index is 0.0595. The zero-order chi connectivity index (χ0) is 25.8. The van der Waals surface area contributed by atoms with Crippen molar-refractivity contribution in [3.05, 3.63) is 70.4 Å². The fourth-order valence-corrected chi connectivity index (χ4v) is 4.31. The number of amides is 3. The summed E-state index contributed by atoms with van der Waals surface area (Å²) in [5, 5.41) is 6.15. The monoisotopic (exact) mass is 527 g/mol. The van der Waals surface area contributed by atoms with E-state index < -0.39 is 0 Å². The second-order valence-electron chi connectivity index (χ2n) is 8.37. The molecule has 36 heavy (non-hydrogen) atoms. The van der Waals surface area contributed by atoms with E-state index in [-0.39, 0.29) is 11.9 Å². The van der Waals surface area contributed by atoms with Crippen LogP contribution in [0.4, 0.5) is 27.9 Å². The van der Waals surface area contributed by atoms with Gasteiger partial charge < -0.3 is 20.4 Å². The Morgan fingerprint density at radius 2 is 1.78 bits per heavy atom. The predicted molar refractivity (Wildman–Crippen MR) is 143 cm³/mol. The Morgan fingerprint density at radius 3 is 2.50 bits per heavy atom. The molecule has 3 aromatic rings. The summed E-state index contributed by atoms with van der Waals surface area (Å²) >= 11 is 12.3. The predicted octanol–water partition coefficient (Wildman–Crippen LogP) is 4.61. The summed E-state index contributed by atoms with van der Waals surface area (Å²) < 4.78 is 0.994. The number of anilines is 4. The lowest BCUT2D eigenvalue weighted by molar-refractivity contribution is 0.0885. The first kappa shape index (κ1) is 25.5. The maximum Gasteiger partial charge on any atom is 0.317 e. The number of hydrogen-bond donors (Lipinski definition) is 2. The zero-order valence-corrected chi connectivity index (χ0v) is 21.8. The van der Waals surface area contributed by atoms with Crippen molar-refractivity contribution in [2.75, 3.05) is 44.4 Å². The van der Waals surface area contributed by atoms with Crippen molar-refractivity contribution in [2.45, 2.75) is 12.8 Å². The number of hydrogen-bond acceptors (Lipinski definition) is 6. The fourth-order valence-electron chi connectivity index (χ4n) is 4.08. The Hall–Kier alpha value is -3.56. The van der Waals surface area contributed by atoms with Crippen LogP contribution < -0.4 is 15.5 Å². The first-order chi connectivity index (χ1) is 17.3. The second kappa shape index (κ2) is 11.0. The molecular formula is C25H27Cl2N7O2. The van der Waals surface area contributed by atoms with Gasteiger partial charge in [0, 0.05) is 51.7 Å². The number of fused-ring (bicyclic) bond motifs is 1. The lowest BCUT2D eigenvalue weighted by atomic mass is 10.0. The van der Waals surface area contributed by atoms with Gasteiger partial charge in [-0.2, -0.15) is 4.98 Å². The molecule has 2 aromatic carbocycles. The molecule has 1 aliphatic heterocycles. The summed E-state index contributed by atoms with van der Waals surface area (Å²) in [6, 6.07) is 13.1. The molecular weight excluding hydrogens is 501 g/mol. The van der Waals surface area contributed by atoms with Crippen LogP contribution in [0.1, 0.15) is 21.5 Å². The number of para-hydroxylation sites is 1. The molecule has 0 radical (unpaired) electrons. The van der Waals surface area contributed by atoms with Gasteiger partial charge in [0.15, 0.2) is 5.82 Å². The molecule has 3 amide bonds. The molecule has 0 aliphatic carbocycles. The number of carbonyl (C=O) groups is 2. The van der Waals surface area contributed by atoms with Crippen molar-refractivity contribution in [1.82, 2.24) is 24.6 Å². The summed E-state index contributed by atoms with van der Waals surface area (Å²) in [5.74, 6) is 0.435. The van der Waals surface area contributed by atoms with Crippen LogP contribution in [0.25, 0.3) is 0 Å². The van der Waals surface area contributed by atoms with Crippen molar-refractivity contribution in [3.63, 3.8) is 0 Å². The van der Waals surface area contributed by atoms with E-state index >= 15 is 0 Å². The van der Waals surface area contributed by atoms with E-state index in [2.05, 4.69) is 32.7 Å². The highest BCUT2D eigenvalue weighted by Crippen LogP contribution is 2.30. The van der Waals surface area contributed by atoms with Crippen LogP contribution in [-0.2, 0) is 12.8 Å². The number of nitrogens with one attached hydrogen (secondary N) is 2. The highest BCUT2D eigenvalue weighted by molar-refractivity contribution is 6.33. The van der Waals surface area contributed by atoms with Crippen LogP contribution >= 0.6 is 23.4 Å². The number of rotatable bonds is 5. The molecule has 188 valence electrons. The number of aromatic nitrogens is 2. The van der Waals surface area contributed by atoms with Gasteiger partial charge in [0.1, 0.15) is 5.02 Å². The summed E-state index contributed by atoms with van der Waals surface area (Å²) in [5.41, 5.74) is 4.24. The zero-order valence-electron chi connectivity index (χ0n) is 20.3. The third-order valence-corrected chi connectivity index (χ3v) is 6.53. The second-order valence-corrected chi connectivity index (χ2v) is 9.29. The van der Waals surface area contributed by atoms with E-state index in [0.29, 0.717) is 41.1 Å². The Kier molecular flexibility index (Phi) is 7.81. The third-order valence-electron chi connectivity index (χ3n) is 6.10. The SMILES string of the molecule is CNC(=O)N1CCc2ccc(N(C)c3ncc(Cl)c(Nc4ccccc4C(=O)N(C)Cl)n3)cc2CC1. The highest BCUT2D eigenvalue weighted by atomic mass is 35.5. The van der Waals surface area contributed by atoms with E-state index in [0.717, 1.165) is 22.9 Å². The number of urea groups is 1. The lowest BCUT2D eigenvalue weighted by Crippen LogP contribution is -2.39. The van der Waals surface area contributed by atoms with Gasteiger partial charge in [-0.05, 0) is 48.2 Å². The van der Waals surface area contributed by atoms with Crippen LogP contribution in [0.3, 0.4) is 0 Å². The average molecular weight is 528 g/mol. The van der Waals surface area contributed by atoms with Crippen molar-refractivity contribution in [3.8, 4) is 0 Å². The normalized spacial score (nSPS) is 12.9. The Labute approximate surface area is 220 Å². The Bertz CT molecular complexity index is 1290. The van der Waals surface area contributed by atoms with Crippen LogP contribution in [0.5, 0.6) is 0 Å². The van der Waals surface area contributed by atoms with E-state index in [9.17, 15) is 9.59 Å². The van der Waals surface area contributed by atoms with Gasteiger partial charge in [0.05, 0.1) is 17.4 Å². The van der Waals surface area contributed by atoms with Crippen LogP contribution in [0.2, 0.25) is 5.02 Å². The molecule has 11 heteroatoms. The quantitative estimate of drug-likeness (QED) is 0.470. The third kappa shape index (κ3) is 5.47. The molecule has 1 aliphatic rings.